The summed E-state index contributed by atoms with van der Waals surface area (Å²) in [5.74, 6) is 0. The first-order valence-corrected chi connectivity index (χ1v) is 8.12. The predicted molar refractivity (Wildman–Crippen MR) is 77.3 cm³/mol. The van der Waals surface area contributed by atoms with Crippen molar-refractivity contribution >= 4 is 10.8 Å². The van der Waals surface area contributed by atoms with Gasteiger partial charge in [0.2, 0.25) is 0 Å². The van der Waals surface area contributed by atoms with E-state index < -0.39 is 10.8 Å². The molecular formula is C15H23NOS. The van der Waals surface area contributed by atoms with Crippen molar-refractivity contribution in [2.45, 2.75) is 55.7 Å². The maximum Gasteiger partial charge on any atom is 0.0561 e. The van der Waals surface area contributed by atoms with E-state index in [1.165, 1.54) is 18.4 Å². The van der Waals surface area contributed by atoms with Crippen LogP contribution in [0.1, 0.15) is 38.2 Å². The fourth-order valence-electron chi connectivity index (χ4n) is 2.75. The Morgan fingerprint density at radius 1 is 1.39 bits per heavy atom. The third-order valence-electron chi connectivity index (χ3n) is 3.64. The van der Waals surface area contributed by atoms with Crippen LogP contribution in [0.25, 0.3) is 0 Å². The van der Waals surface area contributed by atoms with E-state index in [0.717, 1.165) is 24.3 Å². The normalized spacial score (nSPS) is 25.9. The van der Waals surface area contributed by atoms with Crippen LogP contribution >= 0.6 is 0 Å². The molecule has 1 aliphatic rings. The Bertz CT molecular complexity index is 417. The predicted octanol–water partition coefficient (Wildman–Crippen LogP) is 3.02. The number of nitrogens with one attached hydrogen (secondary N) is 1. The number of hydrogen-bond acceptors (Lipinski definition) is 2. The van der Waals surface area contributed by atoms with Crippen LogP contribution in [0.4, 0.5) is 0 Å². The average molecular weight is 265 g/mol. The van der Waals surface area contributed by atoms with Gasteiger partial charge in [-0.1, -0.05) is 25.5 Å². The van der Waals surface area contributed by atoms with E-state index in [2.05, 4.69) is 31.3 Å². The first-order chi connectivity index (χ1) is 8.70. The molecule has 3 atom stereocenters. The van der Waals surface area contributed by atoms with Gasteiger partial charge in [-0.2, -0.15) is 0 Å². The van der Waals surface area contributed by atoms with Gasteiger partial charge in [-0.3, -0.25) is 4.21 Å². The van der Waals surface area contributed by atoms with Gasteiger partial charge in [-0.15, -0.1) is 0 Å². The van der Waals surface area contributed by atoms with Crippen molar-refractivity contribution in [1.82, 2.24) is 5.32 Å². The van der Waals surface area contributed by atoms with E-state index in [1.807, 2.05) is 12.1 Å². The van der Waals surface area contributed by atoms with E-state index in [9.17, 15) is 4.21 Å². The summed E-state index contributed by atoms with van der Waals surface area (Å²) in [6, 6.07) is 8.69. The summed E-state index contributed by atoms with van der Waals surface area (Å²) < 4.78 is 12.6. The summed E-state index contributed by atoms with van der Waals surface area (Å²) in [5.41, 5.74) is 1.19. The van der Waals surface area contributed by atoms with E-state index >= 15 is 0 Å². The minimum atomic E-state index is -0.844. The molecule has 1 N–H and O–H groups in total. The number of benzene rings is 1. The Morgan fingerprint density at radius 3 is 2.94 bits per heavy atom. The van der Waals surface area contributed by atoms with Gasteiger partial charge in [-0.25, -0.2) is 0 Å². The molecule has 0 aliphatic heterocycles. The SMILES string of the molecule is CCNC1CCCC(S(=O)c2cccc(C)c2)C1. The lowest BCUT2D eigenvalue weighted by atomic mass is 9.95. The second kappa shape index (κ2) is 6.48. The quantitative estimate of drug-likeness (QED) is 0.906. The van der Waals surface area contributed by atoms with Crippen molar-refractivity contribution in [3.63, 3.8) is 0 Å². The van der Waals surface area contributed by atoms with Crippen LogP contribution in [0, 0.1) is 6.92 Å². The Labute approximate surface area is 113 Å². The highest BCUT2D eigenvalue weighted by molar-refractivity contribution is 7.85. The molecule has 0 amide bonds. The van der Waals surface area contributed by atoms with Gasteiger partial charge in [0.15, 0.2) is 0 Å². The molecule has 1 aromatic carbocycles. The molecule has 3 unspecified atom stereocenters. The molecule has 0 radical (unpaired) electrons. The lowest BCUT2D eigenvalue weighted by Gasteiger charge is -2.29. The van der Waals surface area contributed by atoms with Crippen LogP contribution in [-0.4, -0.2) is 22.0 Å². The Hall–Kier alpha value is -0.670. The molecule has 18 heavy (non-hydrogen) atoms. The van der Waals surface area contributed by atoms with E-state index in [0.29, 0.717) is 11.3 Å². The topological polar surface area (TPSA) is 29.1 Å². The number of hydrogen-bond donors (Lipinski definition) is 1. The lowest BCUT2D eigenvalue weighted by molar-refractivity contribution is 0.383. The monoisotopic (exact) mass is 265 g/mol. The minimum absolute atomic E-state index is 0.324. The Kier molecular flexibility index (Phi) is 4.95. The number of rotatable bonds is 4. The second-order valence-corrected chi connectivity index (χ2v) is 6.89. The fraction of sp³-hybridized carbons (Fsp3) is 0.600. The molecule has 2 rings (SSSR count). The van der Waals surface area contributed by atoms with Crippen LogP contribution in [-0.2, 0) is 10.8 Å². The molecule has 0 bridgehead atoms. The minimum Gasteiger partial charge on any atom is -0.314 e. The zero-order valence-corrected chi connectivity index (χ0v) is 12.1. The van der Waals surface area contributed by atoms with Crippen molar-refractivity contribution in [3.05, 3.63) is 29.8 Å². The molecule has 1 saturated carbocycles. The molecular weight excluding hydrogens is 242 g/mol. The molecule has 3 heteroatoms. The highest BCUT2D eigenvalue weighted by atomic mass is 32.2. The summed E-state index contributed by atoms with van der Waals surface area (Å²) in [6.45, 7) is 5.21. The highest BCUT2D eigenvalue weighted by Gasteiger charge is 2.26. The Morgan fingerprint density at radius 2 is 2.22 bits per heavy atom. The fourth-order valence-corrected chi connectivity index (χ4v) is 4.43. The molecule has 0 heterocycles. The zero-order valence-electron chi connectivity index (χ0n) is 11.3. The summed E-state index contributed by atoms with van der Waals surface area (Å²) >= 11 is 0. The van der Waals surface area contributed by atoms with Gasteiger partial charge in [0, 0.05) is 16.2 Å². The van der Waals surface area contributed by atoms with Crippen LogP contribution in [0.5, 0.6) is 0 Å². The third kappa shape index (κ3) is 3.42. The van der Waals surface area contributed by atoms with Gasteiger partial charge in [0.05, 0.1) is 10.8 Å². The van der Waals surface area contributed by atoms with Crippen LogP contribution < -0.4 is 5.32 Å². The molecule has 1 fully saturated rings. The molecule has 1 aliphatic carbocycles. The van der Waals surface area contributed by atoms with Gasteiger partial charge >= 0.3 is 0 Å². The maximum absolute atomic E-state index is 12.6. The van der Waals surface area contributed by atoms with Crippen molar-refractivity contribution in [2.24, 2.45) is 0 Å². The van der Waals surface area contributed by atoms with Crippen LogP contribution in [0.15, 0.2) is 29.2 Å². The smallest absolute Gasteiger partial charge is 0.0561 e. The Balaban J connectivity index is 2.04. The van der Waals surface area contributed by atoms with Gasteiger partial charge in [0.1, 0.15) is 0 Å². The molecule has 1 aromatic rings. The van der Waals surface area contributed by atoms with E-state index in [-0.39, 0.29) is 0 Å². The molecule has 2 nitrogen and oxygen atoms in total. The first kappa shape index (κ1) is 13.8. The standard InChI is InChI=1S/C15H23NOS/c1-3-16-13-7-5-9-15(11-13)18(17)14-8-4-6-12(2)10-14/h4,6,8,10,13,15-16H,3,5,7,9,11H2,1-2H3. The van der Waals surface area contributed by atoms with E-state index in [1.54, 1.807) is 0 Å². The van der Waals surface area contributed by atoms with Crippen molar-refractivity contribution < 1.29 is 4.21 Å². The summed E-state index contributed by atoms with van der Waals surface area (Å²) in [4.78, 5) is 0.997. The zero-order chi connectivity index (χ0) is 13.0. The highest BCUT2D eigenvalue weighted by Crippen LogP contribution is 2.26. The largest absolute Gasteiger partial charge is 0.314 e. The van der Waals surface area contributed by atoms with Crippen molar-refractivity contribution in [3.8, 4) is 0 Å². The maximum atomic E-state index is 12.6. The van der Waals surface area contributed by atoms with Crippen molar-refractivity contribution in [1.29, 1.82) is 0 Å². The van der Waals surface area contributed by atoms with Crippen LogP contribution in [0.3, 0.4) is 0 Å². The molecule has 0 aromatic heterocycles. The second-order valence-electron chi connectivity index (χ2n) is 5.16. The van der Waals surface area contributed by atoms with Gasteiger partial charge < -0.3 is 5.32 Å². The first-order valence-electron chi connectivity index (χ1n) is 6.91. The molecule has 0 saturated heterocycles. The number of aryl methyl sites for hydroxylation is 1. The van der Waals surface area contributed by atoms with Gasteiger partial charge in [-0.05, 0) is 50.4 Å². The average Bonchev–Trinajstić information content (AvgIpc) is 2.39. The summed E-state index contributed by atoms with van der Waals surface area (Å²) in [6.07, 6.45) is 4.58. The van der Waals surface area contributed by atoms with Crippen LogP contribution in [0.2, 0.25) is 0 Å². The lowest BCUT2D eigenvalue weighted by Crippen LogP contribution is -2.37. The van der Waals surface area contributed by atoms with Crippen molar-refractivity contribution in [2.75, 3.05) is 6.54 Å². The third-order valence-corrected chi connectivity index (χ3v) is 5.40. The van der Waals surface area contributed by atoms with E-state index in [4.69, 9.17) is 0 Å². The molecule has 100 valence electrons. The summed E-state index contributed by atoms with van der Waals surface area (Å²) in [5, 5.41) is 3.82. The molecule has 0 spiro atoms. The summed E-state index contributed by atoms with van der Waals surface area (Å²) in [7, 11) is -0.844. The van der Waals surface area contributed by atoms with Gasteiger partial charge in [0.25, 0.3) is 0 Å².